The molecule has 0 aromatic heterocycles. The summed E-state index contributed by atoms with van der Waals surface area (Å²) in [5, 5.41) is 0. The topological polar surface area (TPSA) is 32.8 Å². The summed E-state index contributed by atoms with van der Waals surface area (Å²) in [5.41, 5.74) is -0.719. The van der Waals surface area contributed by atoms with E-state index in [1.54, 1.807) is 11.0 Å². The minimum absolute atomic E-state index is 0.143. The van der Waals surface area contributed by atoms with Crippen LogP contribution in [0.2, 0.25) is 0 Å². The molecule has 1 saturated heterocycles. The summed E-state index contributed by atoms with van der Waals surface area (Å²) < 4.78 is 45.1. The van der Waals surface area contributed by atoms with E-state index in [9.17, 15) is 18.0 Å². The average molecular weight is 449 g/mol. The van der Waals surface area contributed by atoms with Gasteiger partial charge in [-0.25, -0.2) is 4.79 Å². The van der Waals surface area contributed by atoms with Crippen molar-refractivity contribution in [1.29, 1.82) is 0 Å². The van der Waals surface area contributed by atoms with Crippen LogP contribution in [-0.2, 0) is 17.5 Å². The van der Waals surface area contributed by atoms with Crippen molar-refractivity contribution in [3.05, 3.63) is 33.8 Å². The number of carbonyl (C=O) groups excluding carboxylic acids is 1. The van der Waals surface area contributed by atoms with Crippen molar-refractivity contribution in [2.75, 3.05) is 19.6 Å². The largest absolute Gasteiger partial charge is 0.444 e. The number of amides is 1. The van der Waals surface area contributed by atoms with Crippen molar-refractivity contribution in [1.82, 2.24) is 9.80 Å². The van der Waals surface area contributed by atoms with Gasteiger partial charge in [-0.05, 0) is 57.4 Å². The molecule has 0 unspecified atom stereocenters. The van der Waals surface area contributed by atoms with E-state index in [2.05, 4.69) is 20.8 Å². The van der Waals surface area contributed by atoms with Gasteiger partial charge in [-0.15, -0.1) is 0 Å². The standard InChI is InChI=1S/C19H24BrF3N2O2/c1-17(2,3)27-16(26)24-6-7-25(18(12-24)4-5-18)11-13-8-14(19(21,22)23)10-15(20)9-13/h8-10H,4-7,11-12H2,1-3H3. The van der Waals surface area contributed by atoms with E-state index in [1.807, 2.05) is 20.8 Å². The first-order valence-electron chi connectivity index (χ1n) is 8.98. The third-order valence-corrected chi connectivity index (χ3v) is 5.39. The fraction of sp³-hybridized carbons (Fsp3) is 0.632. The predicted molar refractivity (Wildman–Crippen MR) is 99.3 cm³/mol. The van der Waals surface area contributed by atoms with Crippen molar-refractivity contribution in [2.45, 2.75) is 57.5 Å². The maximum absolute atomic E-state index is 13.1. The second kappa shape index (κ2) is 6.95. The van der Waals surface area contributed by atoms with E-state index < -0.39 is 17.3 Å². The number of benzene rings is 1. The molecule has 0 bridgehead atoms. The van der Waals surface area contributed by atoms with Gasteiger partial charge in [0.1, 0.15) is 5.60 Å². The Morgan fingerprint density at radius 2 is 1.85 bits per heavy atom. The van der Waals surface area contributed by atoms with Crippen LogP contribution in [-0.4, -0.2) is 46.7 Å². The van der Waals surface area contributed by atoms with Crippen LogP contribution in [0.3, 0.4) is 0 Å². The molecule has 8 heteroatoms. The second-order valence-corrected chi connectivity index (χ2v) is 9.31. The molecule has 1 aliphatic heterocycles. The molecule has 4 nitrogen and oxygen atoms in total. The lowest BCUT2D eigenvalue weighted by Gasteiger charge is -2.42. The maximum atomic E-state index is 13.1. The van der Waals surface area contributed by atoms with Crippen LogP contribution < -0.4 is 0 Å². The molecule has 1 saturated carbocycles. The van der Waals surface area contributed by atoms with Gasteiger partial charge < -0.3 is 9.64 Å². The van der Waals surface area contributed by atoms with E-state index in [4.69, 9.17) is 4.74 Å². The Morgan fingerprint density at radius 3 is 2.41 bits per heavy atom. The second-order valence-electron chi connectivity index (χ2n) is 8.39. The molecule has 1 aromatic carbocycles. The minimum Gasteiger partial charge on any atom is -0.444 e. The van der Waals surface area contributed by atoms with Gasteiger partial charge >= 0.3 is 12.3 Å². The fourth-order valence-corrected chi connectivity index (χ4v) is 4.03. The number of alkyl halides is 3. The number of ether oxygens (including phenoxy) is 1. The van der Waals surface area contributed by atoms with E-state index in [0.29, 0.717) is 36.2 Å². The molecule has 0 N–H and O–H groups in total. The van der Waals surface area contributed by atoms with Crippen molar-refractivity contribution in [3.63, 3.8) is 0 Å². The summed E-state index contributed by atoms with van der Waals surface area (Å²) in [6.45, 7) is 7.62. The molecule has 27 heavy (non-hydrogen) atoms. The Morgan fingerprint density at radius 1 is 1.19 bits per heavy atom. The third-order valence-electron chi connectivity index (χ3n) is 4.93. The average Bonchev–Trinajstić information content (AvgIpc) is 3.26. The Bertz CT molecular complexity index is 727. The minimum atomic E-state index is -4.37. The van der Waals surface area contributed by atoms with Crippen LogP contribution in [0, 0.1) is 0 Å². The van der Waals surface area contributed by atoms with Gasteiger partial charge in [0.05, 0.1) is 5.56 Å². The van der Waals surface area contributed by atoms with E-state index in [-0.39, 0.29) is 11.6 Å². The first-order chi connectivity index (χ1) is 12.4. The van der Waals surface area contributed by atoms with Crippen LogP contribution in [0.25, 0.3) is 0 Å². The molecule has 2 aliphatic rings. The maximum Gasteiger partial charge on any atom is 0.416 e. The van der Waals surface area contributed by atoms with Crippen molar-refractivity contribution in [3.8, 4) is 0 Å². The lowest BCUT2D eigenvalue weighted by atomic mass is 10.1. The molecule has 1 aliphatic carbocycles. The van der Waals surface area contributed by atoms with Crippen molar-refractivity contribution < 1.29 is 22.7 Å². The summed E-state index contributed by atoms with van der Waals surface area (Å²) in [5.74, 6) is 0. The molecule has 0 radical (unpaired) electrons. The number of piperazine rings is 1. The highest BCUT2D eigenvalue weighted by Gasteiger charge is 2.52. The highest BCUT2D eigenvalue weighted by atomic mass is 79.9. The Balaban J connectivity index is 1.70. The quantitative estimate of drug-likeness (QED) is 0.634. The zero-order chi connectivity index (χ0) is 20.0. The summed E-state index contributed by atoms with van der Waals surface area (Å²) >= 11 is 3.18. The Hall–Kier alpha value is -1.28. The lowest BCUT2D eigenvalue weighted by Crippen LogP contribution is -2.56. The molecule has 0 atom stereocenters. The summed E-state index contributed by atoms with van der Waals surface area (Å²) in [7, 11) is 0. The van der Waals surface area contributed by atoms with Gasteiger partial charge in [-0.3, -0.25) is 4.90 Å². The number of nitrogens with zero attached hydrogens (tertiary/aromatic N) is 2. The van der Waals surface area contributed by atoms with E-state index in [0.717, 1.165) is 18.9 Å². The predicted octanol–water partition coefficient (Wildman–Crippen LogP) is 5.05. The zero-order valence-corrected chi connectivity index (χ0v) is 17.3. The van der Waals surface area contributed by atoms with Crippen LogP contribution in [0.5, 0.6) is 0 Å². The SMILES string of the molecule is CC(C)(C)OC(=O)N1CCN(Cc2cc(Br)cc(C(F)(F)F)c2)C2(CC2)C1. The number of rotatable bonds is 2. The van der Waals surface area contributed by atoms with Gasteiger partial charge in [0.25, 0.3) is 0 Å². The van der Waals surface area contributed by atoms with Crippen molar-refractivity contribution in [2.24, 2.45) is 0 Å². The van der Waals surface area contributed by atoms with E-state index >= 15 is 0 Å². The summed E-state index contributed by atoms with van der Waals surface area (Å²) in [6.07, 6.45) is -2.82. The van der Waals surface area contributed by atoms with E-state index in [1.165, 1.54) is 6.07 Å². The first kappa shape index (κ1) is 20.5. The highest BCUT2D eigenvalue weighted by Crippen LogP contribution is 2.45. The molecular weight excluding hydrogens is 425 g/mol. The first-order valence-corrected chi connectivity index (χ1v) is 9.77. The number of hydrogen-bond donors (Lipinski definition) is 0. The van der Waals surface area contributed by atoms with Crippen LogP contribution in [0.1, 0.15) is 44.7 Å². The molecule has 1 amide bonds. The molecule has 1 spiro atoms. The molecule has 150 valence electrons. The molecule has 1 aromatic rings. The highest BCUT2D eigenvalue weighted by molar-refractivity contribution is 9.10. The Labute approximate surface area is 165 Å². The van der Waals surface area contributed by atoms with Crippen LogP contribution in [0.15, 0.2) is 22.7 Å². The third kappa shape index (κ3) is 4.96. The fourth-order valence-electron chi connectivity index (χ4n) is 3.49. The smallest absolute Gasteiger partial charge is 0.416 e. The Kier molecular flexibility index (Phi) is 5.27. The normalized spacial score (nSPS) is 20.0. The summed E-state index contributed by atoms with van der Waals surface area (Å²) in [4.78, 5) is 16.3. The number of carbonyl (C=O) groups is 1. The molecule has 3 rings (SSSR count). The monoisotopic (exact) mass is 448 g/mol. The van der Waals surface area contributed by atoms with Crippen molar-refractivity contribution >= 4 is 22.0 Å². The van der Waals surface area contributed by atoms with Crippen LogP contribution >= 0.6 is 15.9 Å². The number of hydrogen-bond acceptors (Lipinski definition) is 3. The molecule has 2 fully saturated rings. The van der Waals surface area contributed by atoms with Gasteiger partial charge in [0, 0.05) is 36.2 Å². The van der Waals surface area contributed by atoms with Gasteiger partial charge in [-0.2, -0.15) is 13.2 Å². The van der Waals surface area contributed by atoms with Gasteiger partial charge in [0.15, 0.2) is 0 Å². The summed E-state index contributed by atoms with van der Waals surface area (Å²) in [6, 6.07) is 4.03. The van der Waals surface area contributed by atoms with Crippen LogP contribution in [0.4, 0.5) is 18.0 Å². The lowest BCUT2D eigenvalue weighted by molar-refractivity contribution is -0.137. The zero-order valence-electron chi connectivity index (χ0n) is 15.7. The van der Waals surface area contributed by atoms with Gasteiger partial charge in [0.2, 0.25) is 0 Å². The van der Waals surface area contributed by atoms with Gasteiger partial charge in [-0.1, -0.05) is 15.9 Å². The number of halogens is 4. The molecular formula is C19H24BrF3N2O2. The molecule has 1 heterocycles.